The van der Waals surface area contributed by atoms with Crippen molar-refractivity contribution in [3.63, 3.8) is 0 Å². The zero-order valence-corrected chi connectivity index (χ0v) is 11.4. The lowest BCUT2D eigenvalue weighted by Gasteiger charge is -2.22. The van der Waals surface area contributed by atoms with Crippen molar-refractivity contribution in [2.75, 3.05) is 6.61 Å². The third-order valence-corrected chi connectivity index (χ3v) is 4.14. The first-order valence-corrected chi connectivity index (χ1v) is 6.79. The smallest absolute Gasteiger partial charge is 0.194 e. The van der Waals surface area contributed by atoms with Crippen LogP contribution in [0.2, 0.25) is 0 Å². The van der Waals surface area contributed by atoms with Gasteiger partial charge in [0.15, 0.2) is 5.90 Å². The molecule has 1 aliphatic heterocycles. The summed E-state index contributed by atoms with van der Waals surface area (Å²) in [6.07, 6.45) is 2.35. The van der Waals surface area contributed by atoms with E-state index >= 15 is 0 Å². The van der Waals surface area contributed by atoms with Crippen LogP contribution < -0.4 is 0 Å². The molecule has 0 amide bonds. The van der Waals surface area contributed by atoms with Crippen molar-refractivity contribution in [2.24, 2.45) is 10.4 Å². The monoisotopic (exact) mass is 243 g/mol. The Morgan fingerprint density at radius 3 is 2.33 bits per heavy atom. The van der Waals surface area contributed by atoms with E-state index in [1.54, 1.807) is 0 Å². The maximum atomic E-state index is 5.92. The molecule has 1 aromatic rings. The van der Waals surface area contributed by atoms with Crippen LogP contribution in [0.5, 0.6) is 0 Å². The standard InChI is InChI=1S/C16H21NO/c1-15(2,3)13-11-18-14(17-13)16(9-10-16)12-7-5-4-6-8-12/h4-8,13H,9-11H2,1-3H3/t13-/m1/s1. The van der Waals surface area contributed by atoms with E-state index in [1.807, 2.05) is 0 Å². The Hall–Kier alpha value is -1.31. The Bertz CT molecular complexity index is 466. The molecule has 0 unspecified atom stereocenters. The number of hydrogen-bond donors (Lipinski definition) is 0. The quantitative estimate of drug-likeness (QED) is 0.778. The van der Waals surface area contributed by atoms with E-state index in [2.05, 4.69) is 51.1 Å². The van der Waals surface area contributed by atoms with Gasteiger partial charge in [0, 0.05) is 0 Å². The molecule has 1 aliphatic carbocycles. The van der Waals surface area contributed by atoms with Crippen LogP contribution in [0.4, 0.5) is 0 Å². The molecule has 3 rings (SSSR count). The van der Waals surface area contributed by atoms with Crippen LogP contribution in [0.3, 0.4) is 0 Å². The molecular weight excluding hydrogens is 222 g/mol. The highest BCUT2D eigenvalue weighted by Gasteiger charge is 2.52. The van der Waals surface area contributed by atoms with Crippen LogP contribution in [-0.4, -0.2) is 18.5 Å². The summed E-state index contributed by atoms with van der Waals surface area (Å²) in [5.41, 5.74) is 1.65. The van der Waals surface area contributed by atoms with Crippen molar-refractivity contribution in [1.82, 2.24) is 0 Å². The number of benzene rings is 1. The summed E-state index contributed by atoms with van der Waals surface area (Å²) >= 11 is 0. The third-order valence-electron chi connectivity index (χ3n) is 4.14. The lowest BCUT2D eigenvalue weighted by Crippen LogP contribution is -2.25. The molecule has 2 nitrogen and oxygen atoms in total. The van der Waals surface area contributed by atoms with Crippen LogP contribution in [0, 0.1) is 5.41 Å². The lowest BCUT2D eigenvalue weighted by atomic mass is 9.88. The first-order valence-electron chi connectivity index (χ1n) is 6.79. The zero-order chi connectivity index (χ0) is 12.8. The van der Waals surface area contributed by atoms with E-state index in [0.717, 1.165) is 12.5 Å². The number of rotatable bonds is 2. The molecule has 18 heavy (non-hydrogen) atoms. The van der Waals surface area contributed by atoms with Crippen molar-refractivity contribution in [3.8, 4) is 0 Å². The minimum atomic E-state index is 0.0985. The number of ether oxygens (including phenoxy) is 1. The fourth-order valence-corrected chi connectivity index (χ4v) is 2.59. The van der Waals surface area contributed by atoms with Crippen LogP contribution in [0.15, 0.2) is 35.3 Å². The molecule has 0 spiro atoms. The van der Waals surface area contributed by atoms with E-state index in [-0.39, 0.29) is 10.8 Å². The van der Waals surface area contributed by atoms with E-state index in [0.29, 0.717) is 6.04 Å². The van der Waals surface area contributed by atoms with Crippen LogP contribution in [0.25, 0.3) is 0 Å². The first kappa shape index (κ1) is 11.8. The molecule has 96 valence electrons. The highest BCUT2D eigenvalue weighted by atomic mass is 16.5. The highest BCUT2D eigenvalue weighted by molar-refractivity contribution is 5.92. The van der Waals surface area contributed by atoms with Gasteiger partial charge in [0.05, 0.1) is 11.5 Å². The van der Waals surface area contributed by atoms with E-state index in [4.69, 9.17) is 9.73 Å². The summed E-state index contributed by atoms with van der Waals surface area (Å²) in [5.74, 6) is 0.980. The Kier molecular flexibility index (Phi) is 2.51. The predicted molar refractivity (Wildman–Crippen MR) is 74.0 cm³/mol. The number of nitrogens with zero attached hydrogens (tertiary/aromatic N) is 1. The zero-order valence-electron chi connectivity index (χ0n) is 11.4. The fourth-order valence-electron chi connectivity index (χ4n) is 2.59. The second kappa shape index (κ2) is 3.84. The Morgan fingerprint density at radius 1 is 1.17 bits per heavy atom. The minimum Gasteiger partial charge on any atom is -0.478 e. The molecule has 1 heterocycles. The van der Waals surface area contributed by atoms with Gasteiger partial charge in [0.2, 0.25) is 0 Å². The highest BCUT2D eigenvalue weighted by Crippen LogP contribution is 2.51. The van der Waals surface area contributed by atoms with Crippen molar-refractivity contribution >= 4 is 5.90 Å². The van der Waals surface area contributed by atoms with Gasteiger partial charge in [-0.15, -0.1) is 0 Å². The fraction of sp³-hybridized carbons (Fsp3) is 0.562. The molecule has 1 aromatic carbocycles. The van der Waals surface area contributed by atoms with Gasteiger partial charge in [-0.3, -0.25) is 0 Å². The average molecular weight is 243 g/mol. The SMILES string of the molecule is CC(C)(C)[C@H]1COC(C2(c3ccccc3)CC2)=N1. The molecule has 2 aliphatic rings. The van der Waals surface area contributed by atoms with Crippen molar-refractivity contribution in [2.45, 2.75) is 45.1 Å². The van der Waals surface area contributed by atoms with Gasteiger partial charge in [0.1, 0.15) is 6.61 Å². The van der Waals surface area contributed by atoms with E-state index < -0.39 is 0 Å². The summed E-state index contributed by atoms with van der Waals surface area (Å²) in [4.78, 5) is 4.86. The molecule has 0 saturated heterocycles. The molecule has 1 saturated carbocycles. The van der Waals surface area contributed by atoms with Gasteiger partial charge in [-0.2, -0.15) is 0 Å². The second-order valence-corrected chi connectivity index (χ2v) is 6.58. The van der Waals surface area contributed by atoms with Gasteiger partial charge < -0.3 is 4.74 Å². The lowest BCUT2D eigenvalue weighted by molar-refractivity contribution is 0.230. The van der Waals surface area contributed by atoms with Crippen molar-refractivity contribution in [3.05, 3.63) is 35.9 Å². The van der Waals surface area contributed by atoms with Crippen LogP contribution in [0.1, 0.15) is 39.2 Å². The second-order valence-electron chi connectivity index (χ2n) is 6.58. The summed E-state index contributed by atoms with van der Waals surface area (Å²) in [5, 5.41) is 0. The van der Waals surface area contributed by atoms with E-state index in [9.17, 15) is 0 Å². The average Bonchev–Trinajstić information content (AvgIpc) is 2.99. The van der Waals surface area contributed by atoms with Crippen molar-refractivity contribution in [1.29, 1.82) is 0 Å². The largest absolute Gasteiger partial charge is 0.478 e. The van der Waals surface area contributed by atoms with Crippen LogP contribution >= 0.6 is 0 Å². The molecule has 0 radical (unpaired) electrons. The van der Waals surface area contributed by atoms with Crippen LogP contribution in [-0.2, 0) is 10.2 Å². The topological polar surface area (TPSA) is 21.6 Å². The first-order chi connectivity index (χ1) is 8.52. The number of hydrogen-bond acceptors (Lipinski definition) is 2. The van der Waals surface area contributed by atoms with Gasteiger partial charge in [-0.1, -0.05) is 51.1 Å². The Labute approximate surface area is 109 Å². The molecular formula is C16H21NO. The summed E-state index contributed by atoms with van der Waals surface area (Å²) in [6, 6.07) is 11.0. The third kappa shape index (κ3) is 1.84. The summed E-state index contributed by atoms with van der Waals surface area (Å²) in [6.45, 7) is 7.44. The normalized spacial score (nSPS) is 25.5. The van der Waals surface area contributed by atoms with Gasteiger partial charge in [0.25, 0.3) is 0 Å². The predicted octanol–water partition coefficient (Wildman–Crippen LogP) is 3.56. The maximum Gasteiger partial charge on any atom is 0.194 e. The molecule has 1 fully saturated rings. The van der Waals surface area contributed by atoms with E-state index in [1.165, 1.54) is 18.4 Å². The molecule has 0 N–H and O–H groups in total. The molecule has 1 atom stereocenters. The van der Waals surface area contributed by atoms with Gasteiger partial charge in [-0.25, -0.2) is 4.99 Å². The number of aliphatic imine (C=N–C) groups is 1. The Balaban J connectivity index is 1.89. The Morgan fingerprint density at radius 2 is 1.83 bits per heavy atom. The summed E-state index contributed by atoms with van der Waals surface area (Å²) < 4.78 is 5.92. The van der Waals surface area contributed by atoms with Gasteiger partial charge >= 0.3 is 0 Å². The molecule has 0 bridgehead atoms. The minimum absolute atomic E-state index is 0.0985. The van der Waals surface area contributed by atoms with Crippen molar-refractivity contribution < 1.29 is 4.74 Å². The maximum absolute atomic E-state index is 5.92. The van der Waals surface area contributed by atoms with Gasteiger partial charge in [-0.05, 0) is 23.8 Å². The summed E-state index contributed by atoms with van der Waals surface area (Å²) in [7, 11) is 0. The molecule has 0 aromatic heterocycles. The molecule has 2 heteroatoms.